The zero-order chi connectivity index (χ0) is 10.8. The van der Waals surface area contributed by atoms with Gasteiger partial charge in [0.05, 0.1) is 12.1 Å². The van der Waals surface area contributed by atoms with Gasteiger partial charge in [-0.15, -0.1) is 0 Å². The van der Waals surface area contributed by atoms with Crippen molar-refractivity contribution in [1.82, 2.24) is 9.88 Å². The van der Waals surface area contributed by atoms with Gasteiger partial charge in [-0.2, -0.15) is 0 Å². The van der Waals surface area contributed by atoms with Crippen LogP contribution in [0.15, 0.2) is 30.5 Å². The van der Waals surface area contributed by atoms with Gasteiger partial charge in [0.1, 0.15) is 0 Å². The summed E-state index contributed by atoms with van der Waals surface area (Å²) < 4.78 is 0. The second-order valence-electron chi connectivity index (χ2n) is 3.91. The minimum atomic E-state index is 0.146. The van der Waals surface area contributed by atoms with Crippen molar-refractivity contribution in [1.29, 1.82) is 0 Å². The molecule has 0 fully saturated rings. The minimum absolute atomic E-state index is 0.146. The first kappa shape index (κ1) is 9.93. The number of aromatic nitrogens is 1. The van der Waals surface area contributed by atoms with E-state index in [9.17, 15) is 4.79 Å². The lowest BCUT2D eigenvalue weighted by molar-refractivity contribution is 0.0959. The second-order valence-corrected chi connectivity index (χ2v) is 3.91. The summed E-state index contributed by atoms with van der Waals surface area (Å²) in [5.41, 5.74) is 1.70. The Bertz CT molecular complexity index is 485. The van der Waals surface area contributed by atoms with Gasteiger partial charge in [-0.3, -0.25) is 4.79 Å². The molecular weight excluding hydrogens is 188 g/mol. The minimum Gasteiger partial charge on any atom is -0.361 e. The molecule has 2 aromatic rings. The zero-order valence-corrected chi connectivity index (χ0v) is 8.95. The van der Waals surface area contributed by atoms with Crippen LogP contribution in [0.25, 0.3) is 10.9 Å². The van der Waals surface area contributed by atoms with Gasteiger partial charge in [-0.25, -0.2) is 0 Å². The quantitative estimate of drug-likeness (QED) is 0.772. The second kappa shape index (κ2) is 3.87. The molecular formula is C12H14N2O. The number of para-hydroxylation sites is 1. The Kier molecular flexibility index (Phi) is 2.56. The molecule has 2 rings (SSSR count). The monoisotopic (exact) mass is 202 g/mol. The SMILES string of the molecule is CN(C)CC(=O)c1cccc2cc[nH]c12. The molecule has 15 heavy (non-hydrogen) atoms. The Morgan fingerprint density at radius 3 is 2.87 bits per heavy atom. The van der Waals surface area contributed by atoms with E-state index in [2.05, 4.69) is 4.98 Å². The van der Waals surface area contributed by atoms with E-state index in [4.69, 9.17) is 0 Å². The van der Waals surface area contributed by atoms with Crippen molar-refractivity contribution in [2.45, 2.75) is 0 Å². The topological polar surface area (TPSA) is 36.1 Å². The highest BCUT2D eigenvalue weighted by atomic mass is 16.1. The molecule has 0 aliphatic rings. The van der Waals surface area contributed by atoms with Gasteiger partial charge in [0.15, 0.2) is 5.78 Å². The molecule has 0 amide bonds. The van der Waals surface area contributed by atoms with Gasteiger partial charge in [0.2, 0.25) is 0 Å². The van der Waals surface area contributed by atoms with Crippen LogP contribution in [-0.4, -0.2) is 36.3 Å². The first-order valence-corrected chi connectivity index (χ1v) is 4.92. The number of ketones is 1. The van der Waals surface area contributed by atoms with Crippen LogP contribution in [0.1, 0.15) is 10.4 Å². The van der Waals surface area contributed by atoms with Crippen molar-refractivity contribution in [2.75, 3.05) is 20.6 Å². The Balaban J connectivity index is 2.42. The van der Waals surface area contributed by atoms with E-state index in [1.54, 1.807) is 0 Å². The number of nitrogens with one attached hydrogen (secondary N) is 1. The van der Waals surface area contributed by atoms with Crippen LogP contribution in [0.5, 0.6) is 0 Å². The smallest absolute Gasteiger partial charge is 0.178 e. The molecule has 1 N–H and O–H groups in total. The van der Waals surface area contributed by atoms with Gasteiger partial charge in [-0.1, -0.05) is 12.1 Å². The van der Waals surface area contributed by atoms with E-state index < -0.39 is 0 Å². The lowest BCUT2D eigenvalue weighted by Gasteiger charge is -2.08. The first-order chi connectivity index (χ1) is 7.18. The van der Waals surface area contributed by atoms with Crippen molar-refractivity contribution >= 4 is 16.7 Å². The number of H-pyrrole nitrogens is 1. The number of benzene rings is 1. The molecule has 1 heterocycles. The van der Waals surface area contributed by atoms with Gasteiger partial charge in [-0.05, 0) is 26.2 Å². The lowest BCUT2D eigenvalue weighted by atomic mass is 10.1. The maximum Gasteiger partial charge on any atom is 0.178 e. The van der Waals surface area contributed by atoms with E-state index in [1.807, 2.05) is 49.5 Å². The number of fused-ring (bicyclic) bond motifs is 1. The van der Waals surface area contributed by atoms with Crippen LogP contribution < -0.4 is 0 Å². The van der Waals surface area contributed by atoms with E-state index in [0.717, 1.165) is 16.5 Å². The molecule has 3 nitrogen and oxygen atoms in total. The summed E-state index contributed by atoms with van der Waals surface area (Å²) in [6.07, 6.45) is 1.86. The first-order valence-electron chi connectivity index (χ1n) is 4.92. The Hall–Kier alpha value is -1.61. The number of carbonyl (C=O) groups is 1. The largest absolute Gasteiger partial charge is 0.361 e. The van der Waals surface area contributed by atoms with Crippen LogP contribution in [0.3, 0.4) is 0 Å². The molecule has 0 atom stereocenters. The van der Waals surface area contributed by atoms with E-state index >= 15 is 0 Å². The number of carbonyl (C=O) groups excluding carboxylic acids is 1. The van der Waals surface area contributed by atoms with Crippen molar-refractivity contribution < 1.29 is 4.79 Å². The summed E-state index contributed by atoms with van der Waals surface area (Å²) in [5.74, 6) is 0.146. The molecule has 0 saturated heterocycles. The van der Waals surface area contributed by atoms with Gasteiger partial charge >= 0.3 is 0 Å². The normalized spacial score (nSPS) is 11.1. The van der Waals surface area contributed by atoms with Crippen molar-refractivity contribution in [3.05, 3.63) is 36.0 Å². The molecule has 0 unspecified atom stereocenters. The molecule has 3 heteroatoms. The summed E-state index contributed by atoms with van der Waals surface area (Å²) >= 11 is 0. The number of aromatic amines is 1. The third-order valence-electron chi connectivity index (χ3n) is 2.35. The average Bonchev–Trinajstić information content (AvgIpc) is 2.63. The number of Topliss-reactive ketones (excluding diaryl/α,β-unsaturated/α-hetero) is 1. The molecule has 1 aromatic carbocycles. The van der Waals surface area contributed by atoms with Crippen molar-refractivity contribution in [3.63, 3.8) is 0 Å². The Labute approximate surface area is 88.7 Å². The van der Waals surface area contributed by atoms with E-state index in [-0.39, 0.29) is 5.78 Å². The highest BCUT2D eigenvalue weighted by Gasteiger charge is 2.10. The summed E-state index contributed by atoms with van der Waals surface area (Å²) in [4.78, 5) is 16.9. The third kappa shape index (κ3) is 1.92. The summed E-state index contributed by atoms with van der Waals surface area (Å²) in [6, 6.07) is 7.75. The average molecular weight is 202 g/mol. The van der Waals surface area contributed by atoms with Gasteiger partial charge in [0.25, 0.3) is 0 Å². The standard InChI is InChI=1S/C12H14N2O/c1-14(2)8-11(15)10-5-3-4-9-6-7-13-12(9)10/h3-7,13H,8H2,1-2H3. The van der Waals surface area contributed by atoms with Crippen molar-refractivity contribution in [3.8, 4) is 0 Å². The molecule has 0 spiro atoms. The van der Waals surface area contributed by atoms with E-state index in [1.165, 1.54) is 0 Å². The van der Waals surface area contributed by atoms with Crippen LogP contribution in [0.2, 0.25) is 0 Å². The van der Waals surface area contributed by atoms with Crippen molar-refractivity contribution in [2.24, 2.45) is 0 Å². The van der Waals surface area contributed by atoms with Crippen LogP contribution in [0, 0.1) is 0 Å². The highest BCUT2D eigenvalue weighted by Crippen LogP contribution is 2.17. The maximum atomic E-state index is 11.9. The van der Waals surface area contributed by atoms with Gasteiger partial charge < -0.3 is 9.88 Å². The summed E-state index contributed by atoms with van der Waals surface area (Å²) in [7, 11) is 3.79. The fraction of sp³-hybridized carbons (Fsp3) is 0.250. The maximum absolute atomic E-state index is 11.9. The fourth-order valence-electron chi connectivity index (χ4n) is 1.69. The van der Waals surface area contributed by atoms with Crippen LogP contribution in [-0.2, 0) is 0 Å². The number of likely N-dealkylation sites (N-methyl/N-ethyl adjacent to an activating group) is 1. The molecule has 78 valence electrons. The summed E-state index contributed by atoms with van der Waals surface area (Å²) in [5, 5.41) is 1.08. The van der Waals surface area contributed by atoms with Gasteiger partial charge in [0, 0.05) is 17.1 Å². The predicted octanol–water partition coefficient (Wildman–Crippen LogP) is 1.91. The van der Waals surface area contributed by atoms with Crippen LogP contribution >= 0.6 is 0 Å². The highest BCUT2D eigenvalue weighted by molar-refractivity contribution is 6.07. The third-order valence-corrected chi connectivity index (χ3v) is 2.35. The number of hydrogen-bond acceptors (Lipinski definition) is 2. The molecule has 0 aliphatic heterocycles. The Morgan fingerprint density at radius 1 is 1.33 bits per heavy atom. The Morgan fingerprint density at radius 2 is 2.13 bits per heavy atom. The molecule has 0 radical (unpaired) electrons. The zero-order valence-electron chi connectivity index (χ0n) is 8.95. The van der Waals surface area contributed by atoms with E-state index in [0.29, 0.717) is 6.54 Å². The molecule has 0 bridgehead atoms. The number of hydrogen-bond donors (Lipinski definition) is 1. The van der Waals surface area contributed by atoms with Crippen LogP contribution in [0.4, 0.5) is 0 Å². The predicted molar refractivity (Wildman–Crippen MR) is 61.2 cm³/mol. The molecule has 0 saturated carbocycles. The number of rotatable bonds is 3. The molecule has 0 aliphatic carbocycles. The summed E-state index contributed by atoms with van der Waals surface area (Å²) in [6.45, 7) is 0.443. The fourth-order valence-corrected chi connectivity index (χ4v) is 1.69. The number of nitrogens with zero attached hydrogens (tertiary/aromatic N) is 1. The molecule has 1 aromatic heterocycles. The lowest BCUT2D eigenvalue weighted by Crippen LogP contribution is -2.21.